The summed E-state index contributed by atoms with van der Waals surface area (Å²) in [4.78, 5) is 0.656. The number of rotatable bonds is 15. The highest BCUT2D eigenvalue weighted by molar-refractivity contribution is 7.91. The quantitative estimate of drug-likeness (QED) is 0.100. The lowest BCUT2D eigenvalue weighted by Crippen LogP contribution is -2.18. The van der Waals surface area contributed by atoms with Crippen molar-refractivity contribution in [1.82, 2.24) is 0 Å². The fourth-order valence-corrected chi connectivity index (χ4v) is 10.1. The van der Waals surface area contributed by atoms with Gasteiger partial charge in [0.2, 0.25) is 19.7 Å². The number of benzene rings is 8. The Balaban J connectivity index is 0.850. The van der Waals surface area contributed by atoms with Gasteiger partial charge in [-0.05, 0) is 163 Å². The fourth-order valence-electron chi connectivity index (χ4n) is 7.62. The van der Waals surface area contributed by atoms with Crippen molar-refractivity contribution in [2.45, 2.75) is 65.0 Å². The van der Waals surface area contributed by atoms with E-state index < -0.39 is 19.7 Å². The number of hydrogen-bond donors (Lipinski definition) is 0. The lowest BCUT2D eigenvalue weighted by molar-refractivity contribution is 0.414. The minimum absolute atomic E-state index is 0.151. The molecule has 0 aliphatic rings. The third kappa shape index (κ3) is 9.76. The molecule has 8 aromatic carbocycles. The Morgan fingerprint density at radius 3 is 0.727 bits per heavy atom. The summed E-state index contributed by atoms with van der Waals surface area (Å²) in [5.74, 6) is 4.00. The summed E-state index contributed by atoms with van der Waals surface area (Å²) in [5.41, 5.74) is 5.20. The van der Waals surface area contributed by atoms with E-state index in [9.17, 15) is 16.8 Å². The zero-order valence-corrected chi connectivity index (χ0v) is 39.2. The molecular weight excluding hydrogens is 865 g/mol. The van der Waals surface area contributed by atoms with Crippen LogP contribution in [0.4, 0.5) is 0 Å². The highest BCUT2D eigenvalue weighted by Crippen LogP contribution is 2.37. The molecule has 0 N–H and O–H groups in total. The van der Waals surface area contributed by atoms with Crippen LogP contribution in [0.3, 0.4) is 0 Å². The highest BCUT2D eigenvalue weighted by Gasteiger charge is 2.25. The van der Waals surface area contributed by atoms with E-state index in [1.807, 2.05) is 60.7 Å². The Morgan fingerprint density at radius 1 is 0.303 bits per heavy atom. The molecule has 66 heavy (non-hydrogen) atoms. The number of aryl methyl sites for hydroxylation is 1. The van der Waals surface area contributed by atoms with Gasteiger partial charge in [0.05, 0.1) is 26.7 Å². The zero-order valence-electron chi connectivity index (χ0n) is 37.6. The van der Waals surface area contributed by atoms with Crippen molar-refractivity contribution in [3.8, 4) is 40.2 Å². The van der Waals surface area contributed by atoms with Crippen LogP contribution < -0.4 is 18.9 Å². The first-order valence-electron chi connectivity index (χ1n) is 21.4. The largest absolute Gasteiger partial charge is 0.497 e. The second-order valence-electron chi connectivity index (χ2n) is 17.1. The van der Waals surface area contributed by atoms with Crippen LogP contribution in [0.5, 0.6) is 40.2 Å². The van der Waals surface area contributed by atoms with Crippen molar-refractivity contribution in [2.24, 2.45) is 0 Å². The van der Waals surface area contributed by atoms with E-state index in [1.54, 1.807) is 72.8 Å². The molecule has 0 radical (unpaired) electrons. The standard InChI is InChI=1S/C56H50O8S2/c1-39-7-9-40(10-8-39)55(2,3)41-11-17-45(18-12-41)62-49-27-35-53(36-28-49)66(59,60)54-37-29-50(30-38-54)64-47-21-15-43(16-22-47)56(4,5)42-13-19-46(20-14-42)63-48-25-33-52(34-26-48)65(57,58)51-31-23-44(61-6)24-32-51/h7-38H,1-6H3. The number of sulfone groups is 2. The van der Waals surface area contributed by atoms with E-state index in [4.69, 9.17) is 18.9 Å². The van der Waals surface area contributed by atoms with Crippen molar-refractivity contribution < 1.29 is 35.8 Å². The SMILES string of the molecule is COc1ccc(S(=O)(=O)c2ccc(Oc3ccc(C(C)(C)c4ccc(Oc5ccc(S(=O)(=O)c6ccc(Oc7ccc(C(C)(C)c8ccc(C)cc8)cc7)cc6)cc5)cc4)cc3)cc2)cc1. The van der Waals surface area contributed by atoms with Gasteiger partial charge in [0.1, 0.15) is 40.2 Å². The number of hydrogen-bond acceptors (Lipinski definition) is 8. The van der Waals surface area contributed by atoms with Crippen LogP contribution in [0.1, 0.15) is 55.5 Å². The summed E-state index contributed by atoms with van der Waals surface area (Å²) >= 11 is 0. The Labute approximate surface area is 387 Å². The Hall–Kier alpha value is -7.14. The van der Waals surface area contributed by atoms with Gasteiger partial charge in [-0.2, -0.15) is 0 Å². The lowest BCUT2D eigenvalue weighted by atomic mass is 9.78. The molecule has 0 saturated heterocycles. The van der Waals surface area contributed by atoms with Gasteiger partial charge in [-0.25, -0.2) is 16.8 Å². The molecule has 0 aliphatic carbocycles. The Kier molecular flexibility index (Phi) is 12.7. The smallest absolute Gasteiger partial charge is 0.206 e. The van der Waals surface area contributed by atoms with E-state index in [0.29, 0.717) is 40.2 Å². The molecule has 10 heteroatoms. The van der Waals surface area contributed by atoms with E-state index >= 15 is 0 Å². The maximum absolute atomic E-state index is 13.6. The molecule has 0 atom stereocenters. The van der Waals surface area contributed by atoms with Crippen LogP contribution in [0, 0.1) is 6.92 Å². The average molecular weight is 915 g/mol. The third-order valence-corrected chi connectivity index (χ3v) is 15.6. The summed E-state index contributed by atoms with van der Waals surface area (Å²) < 4.78 is 76.8. The van der Waals surface area contributed by atoms with E-state index in [0.717, 1.165) is 16.7 Å². The van der Waals surface area contributed by atoms with Crippen LogP contribution in [0.25, 0.3) is 0 Å². The molecule has 8 rings (SSSR count). The first kappa shape index (κ1) is 45.4. The van der Waals surface area contributed by atoms with Crippen LogP contribution in [0.15, 0.2) is 214 Å². The normalized spacial score (nSPS) is 12.0. The summed E-state index contributed by atoms with van der Waals surface area (Å²) in [7, 11) is -5.96. The van der Waals surface area contributed by atoms with E-state index in [1.165, 1.54) is 42.5 Å². The Morgan fingerprint density at radius 2 is 0.500 bits per heavy atom. The summed E-state index contributed by atoms with van der Waals surface area (Å²) in [5, 5.41) is 0. The van der Waals surface area contributed by atoms with Gasteiger partial charge < -0.3 is 18.9 Å². The molecule has 0 saturated carbocycles. The van der Waals surface area contributed by atoms with Gasteiger partial charge in [-0.15, -0.1) is 0 Å². The van der Waals surface area contributed by atoms with Gasteiger partial charge in [0.15, 0.2) is 0 Å². The van der Waals surface area contributed by atoms with Crippen molar-refractivity contribution in [3.63, 3.8) is 0 Å². The zero-order chi connectivity index (χ0) is 46.7. The van der Waals surface area contributed by atoms with Crippen molar-refractivity contribution in [3.05, 3.63) is 222 Å². The maximum Gasteiger partial charge on any atom is 0.206 e. The minimum atomic E-state index is -3.80. The average Bonchev–Trinajstić information content (AvgIpc) is 3.33. The predicted octanol–water partition coefficient (Wildman–Crippen LogP) is 13.7. The minimum Gasteiger partial charge on any atom is -0.497 e. The van der Waals surface area contributed by atoms with Gasteiger partial charge >= 0.3 is 0 Å². The van der Waals surface area contributed by atoms with Crippen LogP contribution in [0.2, 0.25) is 0 Å². The van der Waals surface area contributed by atoms with Gasteiger partial charge in [0.25, 0.3) is 0 Å². The van der Waals surface area contributed by atoms with Crippen LogP contribution in [-0.2, 0) is 30.5 Å². The summed E-state index contributed by atoms with van der Waals surface area (Å²) in [6.45, 7) is 10.7. The second-order valence-corrected chi connectivity index (χ2v) is 21.0. The lowest BCUT2D eigenvalue weighted by Gasteiger charge is -2.26. The van der Waals surface area contributed by atoms with E-state index in [2.05, 4.69) is 71.0 Å². The molecule has 334 valence electrons. The molecule has 0 spiro atoms. The second kappa shape index (κ2) is 18.4. The highest BCUT2D eigenvalue weighted by atomic mass is 32.2. The third-order valence-electron chi connectivity index (χ3n) is 12.0. The molecule has 0 fully saturated rings. The first-order valence-corrected chi connectivity index (χ1v) is 24.4. The first-order chi connectivity index (χ1) is 31.5. The summed E-state index contributed by atoms with van der Waals surface area (Å²) in [6.07, 6.45) is 0. The number of methoxy groups -OCH3 is 1. The molecule has 0 aliphatic heterocycles. The molecule has 0 amide bonds. The molecule has 8 aromatic rings. The topological polar surface area (TPSA) is 105 Å². The van der Waals surface area contributed by atoms with Gasteiger partial charge in [-0.3, -0.25) is 0 Å². The molecule has 8 nitrogen and oxygen atoms in total. The van der Waals surface area contributed by atoms with Crippen molar-refractivity contribution >= 4 is 19.7 Å². The molecule has 0 aromatic heterocycles. The molecule has 0 bridgehead atoms. The molecule has 0 unspecified atom stereocenters. The number of ether oxygens (including phenoxy) is 4. The van der Waals surface area contributed by atoms with Gasteiger partial charge in [-0.1, -0.05) is 93.9 Å². The van der Waals surface area contributed by atoms with Crippen molar-refractivity contribution in [2.75, 3.05) is 7.11 Å². The Bertz CT molecular complexity index is 3140. The van der Waals surface area contributed by atoms with Gasteiger partial charge in [0, 0.05) is 10.8 Å². The maximum atomic E-state index is 13.6. The van der Waals surface area contributed by atoms with Crippen LogP contribution >= 0.6 is 0 Å². The summed E-state index contributed by atoms with van der Waals surface area (Å²) in [6, 6.07) is 57.6. The predicted molar refractivity (Wildman–Crippen MR) is 258 cm³/mol. The monoisotopic (exact) mass is 914 g/mol. The van der Waals surface area contributed by atoms with Crippen molar-refractivity contribution in [1.29, 1.82) is 0 Å². The van der Waals surface area contributed by atoms with E-state index in [-0.39, 0.29) is 30.4 Å². The van der Waals surface area contributed by atoms with Crippen LogP contribution in [-0.4, -0.2) is 23.9 Å². The molecular formula is C56H50O8S2. The fraction of sp³-hybridized carbons (Fsp3) is 0.143. The molecule has 0 heterocycles.